The molecular formula is C19H20N4OS. The first-order valence-electron chi connectivity index (χ1n) is 8.11. The summed E-state index contributed by atoms with van der Waals surface area (Å²) in [5.74, 6) is 0.555. The molecule has 1 aromatic heterocycles. The zero-order valence-corrected chi connectivity index (χ0v) is 15.0. The van der Waals surface area contributed by atoms with E-state index in [0.29, 0.717) is 10.6 Å². The molecular weight excluding hydrogens is 332 g/mol. The van der Waals surface area contributed by atoms with Crippen molar-refractivity contribution < 1.29 is 4.79 Å². The number of hydrogen-bond donors (Lipinski definition) is 2. The molecule has 0 unspecified atom stereocenters. The van der Waals surface area contributed by atoms with Crippen molar-refractivity contribution >= 4 is 18.1 Å². The van der Waals surface area contributed by atoms with Gasteiger partial charge in [0.15, 0.2) is 10.6 Å². The van der Waals surface area contributed by atoms with Crippen molar-refractivity contribution in [1.29, 1.82) is 0 Å². The van der Waals surface area contributed by atoms with Crippen LogP contribution in [0.15, 0.2) is 54.6 Å². The molecule has 0 aliphatic carbocycles. The van der Waals surface area contributed by atoms with Crippen LogP contribution in [-0.4, -0.2) is 20.7 Å². The highest BCUT2D eigenvalue weighted by molar-refractivity contribution is 7.71. The van der Waals surface area contributed by atoms with E-state index in [-0.39, 0.29) is 18.5 Å². The number of rotatable bonds is 5. The molecule has 0 bridgehead atoms. The maximum absolute atomic E-state index is 12.5. The fourth-order valence-electron chi connectivity index (χ4n) is 2.72. The minimum Gasteiger partial charge on any atom is -0.348 e. The lowest BCUT2D eigenvalue weighted by Crippen LogP contribution is -2.30. The maximum Gasteiger partial charge on any atom is 0.240 e. The SMILES string of the molecule is Cc1cccc(-c2n[nH]c(=S)n2CC(=O)N[C@@H](C)c2ccccc2)c1. The van der Waals surface area contributed by atoms with Crippen LogP contribution in [0.1, 0.15) is 24.1 Å². The maximum atomic E-state index is 12.5. The van der Waals surface area contributed by atoms with Crippen LogP contribution in [0.2, 0.25) is 0 Å². The van der Waals surface area contributed by atoms with Crippen LogP contribution in [0.4, 0.5) is 0 Å². The molecule has 3 rings (SSSR count). The lowest BCUT2D eigenvalue weighted by atomic mass is 10.1. The number of benzene rings is 2. The molecule has 2 aromatic carbocycles. The number of aromatic amines is 1. The Labute approximate surface area is 151 Å². The van der Waals surface area contributed by atoms with E-state index in [1.807, 2.05) is 68.4 Å². The Bertz CT molecular complexity index is 930. The van der Waals surface area contributed by atoms with Crippen LogP contribution in [0, 0.1) is 11.7 Å². The first-order chi connectivity index (χ1) is 12.0. The molecule has 1 atom stereocenters. The molecule has 1 amide bonds. The standard InChI is InChI=1S/C19H20N4OS/c1-13-7-6-10-16(11-13)18-21-22-19(25)23(18)12-17(24)20-14(2)15-8-4-3-5-9-15/h3-11,14H,12H2,1-2H3,(H,20,24)(H,22,25)/t14-/m0/s1. The lowest BCUT2D eigenvalue weighted by Gasteiger charge is -2.15. The van der Waals surface area contributed by atoms with Gasteiger partial charge in [-0.05, 0) is 37.7 Å². The number of amides is 1. The topological polar surface area (TPSA) is 62.7 Å². The van der Waals surface area contributed by atoms with Crippen LogP contribution in [-0.2, 0) is 11.3 Å². The smallest absolute Gasteiger partial charge is 0.240 e. The molecule has 0 aliphatic rings. The van der Waals surface area contributed by atoms with Gasteiger partial charge < -0.3 is 5.32 Å². The summed E-state index contributed by atoms with van der Waals surface area (Å²) < 4.78 is 2.15. The Kier molecular flexibility index (Phi) is 5.09. The Hall–Kier alpha value is -2.73. The molecule has 25 heavy (non-hydrogen) atoms. The third-order valence-corrected chi connectivity index (χ3v) is 4.33. The van der Waals surface area contributed by atoms with E-state index in [9.17, 15) is 4.79 Å². The van der Waals surface area contributed by atoms with E-state index in [4.69, 9.17) is 12.2 Å². The van der Waals surface area contributed by atoms with Crippen LogP contribution in [0.5, 0.6) is 0 Å². The Morgan fingerprint density at radius 3 is 2.72 bits per heavy atom. The average Bonchev–Trinajstić information content (AvgIpc) is 2.96. The number of H-pyrrole nitrogens is 1. The lowest BCUT2D eigenvalue weighted by molar-refractivity contribution is -0.122. The van der Waals surface area contributed by atoms with Crippen molar-refractivity contribution in [2.75, 3.05) is 0 Å². The van der Waals surface area contributed by atoms with Gasteiger partial charge >= 0.3 is 0 Å². The van der Waals surface area contributed by atoms with Gasteiger partial charge in [0.2, 0.25) is 5.91 Å². The highest BCUT2D eigenvalue weighted by Gasteiger charge is 2.14. The summed E-state index contributed by atoms with van der Waals surface area (Å²) in [7, 11) is 0. The van der Waals surface area contributed by atoms with Crippen molar-refractivity contribution in [2.24, 2.45) is 0 Å². The molecule has 0 aliphatic heterocycles. The monoisotopic (exact) mass is 352 g/mol. The minimum atomic E-state index is -0.109. The van der Waals surface area contributed by atoms with Crippen molar-refractivity contribution in [2.45, 2.75) is 26.4 Å². The highest BCUT2D eigenvalue weighted by Crippen LogP contribution is 2.18. The van der Waals surface area contributed by atoms with Gasteiger partial charge in [-0.3, -0.25) is 14.5 Å². The fraction of sp³-hybridized carbons (Fsp3) is 0.211. The first kappa shape index (κ1) is 17.1. The van der Waals surface area contributed by atoms with E-state index in [1.54, 1.807) is 4.57 Å². The summed E-state index contributed by atoms with van der Waals surface area (Å²) in [6.45, 7) is 4.10. The summed E-state index contributed by atoms with van der Waals surface area (Å²) in [4.78, 5) is 12.5. The summed E-state index contributed by atoms with van der Waals surface area (Å²) in [5.41, 5.74) is 3.11. The molecule has 0 spiro atoms. The number of carbonyl (C=O) groups is 1. The van der Waals surface area contributed by atoms with E-state index in [1.165, 1.54) is 0 Å². The second-order valence-electron chi connectivity index (χ2n) is 6.01. The Morgan fingerprint density at radius 2 is 2.00 bits per heavy atom. The predicted molar refractivity (Wildman–Crippen MR) is 101 cm³/mol. The average molecular weight is 352 g/mol. The van der Waals surface area contributed by atoms with Gasteiger partial charge in [-0.2, -0.15) is 5.10 Å². The molecule has 1 heterocycles. The quantitative estimate of drug-likeness (QED) is 0.687. The van der Waals surface area contributed by atoms with Gasteiger partial charge in [0.25, 0.3) is 0 Å². The Morgan fingerprint density at radius 1 is 1.24 bits per heavy atom. The van der Waals surface area contributed by atoms with Gasteiger partial charge in [-0.1, -0.05) is 54.1 Å². The van der Waals surface area contributed by atoms with Gasteiger partial charge in [-0.25, -0.2) is 0 Å². The fourth-order valence-corrected chi connectivity index (χ4v) is 2.92. The number of nitrogens with zero attached hydrogens (tertiary/aromatic N) is 2. The number of aryl methyl sites for hydroxylation is 1. The third kappa shape index (κ3) is 4.03. The second kappa shape index (κ2) is 7.44. The predicted octanol–water partition coefficient (Wildman–Crippen LogP) is 3.79. The van der Waals surface area contributed by atoms with Crippen molar-refractivity contribution in [3.63, 3.8) is 0 Å². The van der Waals surface area contributed by atoms with Gasteiger partial charge in [-0.15, -0.1) is 0 Å². The summed E-state index contributed by atoms with van der Waals surface area (Å²) >= 11 is 5.30. The number of nitrogens with one attached hydrogen (secondary N) is 2. The third-order valence-electron chi connectivity index (χ3n) is 4.01. The number of aromatic nitrogens is 3. The largest absolute Gasteiger partial charge is 0.348 e. The van der Waals surface area contributed by atoms with Crippen LogP contribution < -0.4 is 5.32 Å². The molecule has 5 nitrogen and oxygen atoms in total. The zero-order chi connectivity index (χ0) is 17.8. The van der Waals surface area contributed by atoms with Gasteiger partial charge in [0.05, 0.1) is 6.04 Å². The van der Waals surface area contributed by atoms with E-state index in [0.717, 1.165) is 16.7 Å². The molecule has 0 saturated carbocycles. The normalized spacial score (nSPS) is 11.9. The number of carbonyl (C=O) groups excluding carboxylic acids is 1. The Balaban J connectivity index is 1.78. The molecule has 2 N–H and O–H groups in total. The van der Waals surface area contributed by atoms with E-state index < -0.39 is 0 Å². The van der Waals surface area contributed by atoms with Crippen LogP contribution >= 0.6 is 12.2 Å². The molecule has 3 aromatic rings. The van der Waals surface area contributed by atoms with Gasteiger partial charge in [0, 0.05) is 5.56 Å². The summed E-state index contributed by atoms with van der Waals surface area (Å²) in [5, 5.41) is 10.1. The molecule has 0 fully saturated rings. The highest BCUT2D eigenvalue weighted by atomic mass is 32.1. The summed E-state index contributed by atoms with van der Waals surface area (Å²) in [6.07, 6.45) is 0. The van der Waals surface area contributed by atoms with Crippen LogP contribution in [0.3, 0.4) is 0 Å². The minimum absolute atomic E-state index is 0.0720. The molecule has 6 heteroatoms. The van der Waals surface area contributed by atoms with Crippen molar-refractivity contribution in [3.8, 4) is 11.4 Å². The van der Waals surface area contributed by atoms with Gasteiger partial charge in [0.1, 0.15) is 6.54 Å². The summed E-state index contributed by atoms with van der Waals surface area (Å²) in [6, 6.07) is 17.7. The van der Waals surface area contributed by atoms with Crippen molar-refractivity contribution in [1.82, 2.24) is 20.1 Å². The van der Waals surface area contributed by atoms with Crippen LogP contribution in [0.25, 0.3) is 11.4 Å². The molecule has 0 radical (unpaired) electrons. The molecule has 128 valence electrons. The molecule has 0 saturated heterocycles. The van der Waals surface area contributed by atoms with Crippen molar-refractivity contribution in [3.05, 3.63) is 70.5 Å². The van der Waals surface area contributed by atoms with E-state index >= 15 is 0 Å². The van der Waals surface area contributed by atoms with E-state index in [2.05, 4.69) is 15.5 Å². The number of hydrogen-bond acceptors (Lipinski definition) is 3. The first-order valence-corrected chi connectivity index (χ1v) is 8.52. The second-order valence-corrected chi connectivity index (χ2v) is 6.39. The zero-order valence-electron chi connectivity index (χ0n) is 14.2.